The molecule has 1 amide bonds. The second kappa shape index (κ2) is 7.87. The van der Waals surface area contributed by atoms with Crippen molar-refractivity contribution >= 4 is 34.0 Å². The summed E-state index contributed by atoms with van der Waals surface area (Å²) in [6, 6.07) is 6.45. The Morgan fingerprint density at radius 2 is 2.13 bits per heavy atom. The predicted octanol–water partition coefficient (Wildman–Crippen LogP) is 5.39. The molecule has 2 atom stereocenters. The lowest BCUT2D eigenvalue weighted by Gasteiger charge is -2.36. The van der Waals surface area contributed by atoms with Gasteiger partial charge in [0, 0.05) is 17.0 Å². The smallest absolute Gasteiger partial charge is 0.270 e. The van der Waals surface area contributed by atoms with Crippen molar-refractivity contribution in [2.24, 2.45) is 11.3 Å². The van der Waals surface area contributed by atoms with Crippen molar-refractivity contribution in [3.8, 4) is 0 Å². The number of nitrogens with zero attached hydrogens (tertiary/aromatic N) is 1. The summed E-state index contributed by atoms with van der Waals surface area (Å²) in [5, 5.41) is 18.3. The number of thiophene rings is 1. The lowest BCUT2D eigenvalue weighted by atomic mass is 9.69. The first-order valence-corrected chi connectivity index (χ1v) is 11.2. The number of nitrogens with one attached hydrogen (secondary N) is 2. The van der Waals surface area contributed by atoms with Crippen LogP contribution in [0.3, 0.4) is 0 Å². The summed E-state index contributed by atoms with van der Waals surface area (Å²) < 4.78 is 0. The molecule has 1 aromatic carbocycles. The standard InChI is InChI=1S/C23H27N3O3S/c1-4-23(2,3)15-9-10-17-18(13-15)30-22-20(17)21(27)24-19(25-22)11-8-14-6-5-7-16(12-14)26(28)29/h5-8,11-12,15,19,25H,4,9-10,13H2,1-3H3,(H,24,27). The molecule has 4 rings (SSSR count). The van der Waals surface area contributed by atoms with E-state index in [2.05, 4.69) is 31.4 Å². The molecule has 2 aliphatic rings. The van der Waals surface area contributed by atoms with Crippen LogP contribution in [0.1, 0.15) is 60.0 Å². The Morgan fingerprint density at radius 1 is 1.33 bits per heavy atom. The van der Waals surface area contributed by atoms with E-state index in [1.165, 1.54) is 22.6 Å². The summed E-state index contributed by atoms with van der Waals surface area (Å²) in [5.41, 5.74) is 3.10. The monoisotopic (exact) mass is 425 g/mol. The molecule has 1 aliphatic carbocycles. The molecule has 6 nitrogen and oxygen atoms in total. The average molecular weight is 426 g/mol. The first kappa shape index (κ1) is 20.6. The van der Waals surface area contributed by atoms with Gasteiger partial charge in [0.1, 0.15) is 11.2 Å². The number of non-ortho nitro benzene ring substituents is 1. The molecule has 0 radical (unpaired) electrons. The number of carbonyl (C=O) groups is 1. The average Bonchev–Trinajstić information content (AvgIpc) is 3.10. The molecule has 0 saturated heterocycles. The fraction of sp³-hybridized carbons (Fsp3) is 0.435. The van der Waals surface area contributed by atoms with Crippen molar-refractivity contribution in [2.75, 3.05) is 5.32 Å². The number of nitro groups is 1. The highest BCUT2D eigenvalue weighted by Crippen LogP contribution is 2.46. The van der Waals surface area contributed by atoms with E-state index in [9.17, 15) is 14.9 Å². The van der Waals surface area contributed by atoms with Crippen LogP contribution in [0.25, 0.3) is 6.08 Å². The van der Waals surface area contributed by atoms with Crippen LogP contribution >= 0.6 is 11.3 Å². The van der Waals surface area contributed by atoms with Crippen LogP contribution in [0.2, 0.25) is 0 Å². The van der Waals surface area contributed by atoms with Crippen LogP contribution in [-0.2, 0) is 12.8 Å². The molecule has 2 heterocycles. The van der Waals surface area contributed by atoms with Gasteiger partial charge in [-0.2, -0.15) is 0 Å². The van der Waals surface area contributed by atoms with Crippen LogP contribution in [0.4, 0.5) is 10.7 Å². The topological polar surface area (TPSA) is 84.3 Å². The van der Waals surface area contributed by atoms with Crippen molar-refractivity contribution in [1.29, 1.82) is 0 Å². The number of carbonyl (C=O) groups excluding carboxylic acids is 1. The maximum Gasteiger partial charge on any atom is 0.270 e. The first-order chi connectivity index (χ1) is 14.3. The number of fused-ring (bicyclic) bond motifs is 3. The van der Waals surface area contributed by atoms with Crippen LogP contribution in [0, 0.1) is 21.4 Å². The third-order valence-electron chi connectivity index (χ3n) is 6.64. The van der Waals surface area contributed by atoms with Crippen molar-refractivity contribution < 1.29 is 9.72 Å². The SMILES string of the molecule is CCC(C)(C)C1CCc2c(sc3c2C(=O)NC(C=Cc2cccc([N+](=O)[O-])c2)N3)C1. The Labute approximate surface area is 180 Å². The zero-order chi connectivity index (χ0) is 21.5. The summed E-state index contributed by atoms with van der Waals surface area (Å²) in [5.74, 6) is 0.603. The number of hydrogen-bond donors (Lipinski definition) is 2. The van der Waals surface area contributed by atoms with Gasteiger partial charge in [0.2, 0.25) is 0 Å². The zero-order valence-corrected chi connectivity index (χ0v) is 18.3. The van der Waals surface area contributed by atoms with Gasteiger partial charge in [0.15, 0.2) is 0 Å². The molecule has 7 heteroatoms. The Kier molecular flexibility index (Phi) is 5.40. The zero-order valence-electron chi connectivity index (χ0n) is 17.5. The molecule has 0 bridgehead atoms. The third kappa shape index (κ3) is 3.86. The molecule has 158 valence electrons. The number of hydrogen-bond acceptors (Lipinski definition) is 5. The van der Waals surface area contributed by atoms with Crippen molar-refractivity contribution in [1.82, 2.24) is 5.32 Å². The number of amides is 1. The quantitative estimate of drug-likeness (QED) is 0.497. The molecule has 0 spiro atoms. The molecule has 1 aliphatic heterocycles. The van der Waals surface area contributed by atoms with E-state index in [0.717, 1.165) is 41.8 Å². The minimum absolute atomic E-state index is 0.0388. The highest BCUT2D eigenvalue weighted by atomic mass is 32.1. The van der Waals surface area contributed by atoms with Crippen molar-refractivity contribution in [2.45, 2.75) is 52.6 Å². The van der Waals surface area contributed by atoms with E-state index in [-0.39, 0.29) is 17.8 Å². The number of anilines is 1. The first-order valence-electron chi connectivity index (χ1n) is 10.4. The summed E-state index contributed by atoms with van der Waals surface area (Å²) >= 11 is 1.71. The van der Waals surface area contributed by atoms with Crippen LogP contribution < -0.4 is 10.6 Å². The Hall–Kier alpha value is -2.67. The predicted molar refractivity (Wildman–Crippen MR) is 121 cm³/mol. The van der Waals surface area contributed by atoms with E-state index in [4.69, 9.17) is 0 Å². The molecule has 1 aromatic heterocycles. The lowest BCUT2D eigenvalue weighted by Crippen LogP contribution is -2.43. The van der Waals surface area contributed by atoms with Gasteiger partial charge in [-0.1, -0.05) is 45.4 Å². The minimum Gasteiger partial charge on any atom is -0.353 e. The van der Waals surface area contributed by atoms with Gasteiger partial charge in [-0.3, -0.25) is 14.9 Å². The molecule has 2 N–H and O–H groups in total. The second-order valence-corrected chi connectivity index (χ2v) is 9.90. The van der Waals surface area contributed by atoms with Crippen LogP contribution in [-0.4, -0.2) is 17.0 Å². The Balaban J connectivity index is 1.53. The molecular formula is C23H27N3O3S. The third-order valence-corrected chi connectivity index (χ3v) is 7.83. The fourth-order valence-electron chi connectivity index (χ4n) is 4.32. The van der Waals surface area contributed by atoms with Crippen molar-refractivity contribution in [3.63, 3.8) is 0 Å². The summed E-state index contributed by atoms with van der Waals surface area (Å²) in [6.45, 7) is 6.94. The minimum atomic E-state index is -0.409. The van der Waals surface area contributed by atoms with Gasteiger partial charge < -0.3 is 10.6 Å². The number of benzene rings is 1. The van der Waals surface area contributed by atoms with Gasteiger partial charge in [-0.15, -0.1) is 11.3 Å². The highest BCUT2D eigenvalue weighted by molar-refractivity contribution is 7.16. The van der Waals surface area contributed by atoms with Crippen molar-refractivity contribution in [3.05, 3.63) is 62.0 Å². The van der Waals surface area contributed by atoms with E-state index < -0.39 is 4.92 Å². The number of rotatable bonds is 5. The van der Waals surface area contributed by atoms with Crippen LogP contribution in [0.15, 0.2) is 30.3 Å². The Bertz CT molecular complexity index is 1020. The van der Waals surface area contributed by atoms with Gasteiger partial charge in [0.25, 0.3) is 11.6 Å². The van der Waals surface area contributed by atoms with Gasteiger partial charge >= 0.3 is 0 Å². The molecule has 30 heavy (non-hydrogen) atoms. The van der Waals surface area contributed by atoms with Gasteiger partial charge in [-0.05, 0) is 47.8 Å². The lowest BCUT2D eigenvalue weighted by molar-refractivity contribution is -0.384. The summed E-state index contributed by atoms with van der Waals surface area (Å²) in [6.07, 6.45) is 7.56. The Morgan fingerprint density at radius 3 is 2.87 bits per heavy atom. The molecule has 0 saturated carbocycles. The maximum atomic E-state index is 12.9. The van der Waals surface area contributed by atoms with E-state index >= 15 is 0 Å². The van der Waals surface area contributed by atoms with E-state index in [1.807, 2.05) is 6.08 Å². The molecule has 0 fully saturated rings. The normalized spacial score (nSPS) is 21.0. The molecular weight excluding hydrogens is 398 g/mol. The number of nitro benzene ring substituents is 1. The fourth-order valence-corrected chi connectivity index (χ4v) is 5.68. The summed E-state index contributed by atoms with van der Waals surface area (Å²) in [4.78, 5) is 24.7. The van der Waals surface area contributed by atoms with E-state index in [0.29, 0.717) is 11.3 Å². The highest BCUT2D eigenvalue weighted by Gasteiger charge is 2.36. The van der Waals surface area contributed by atoms with Gasteiger partial charge in [0.05, 0.1) is 10.5 Å². The van der Waals surface area contributed by atoms with E-state index in [1.54, 1.807) is 29.5 Å². The maximum absolute atomic E-state index is 12.9. The van der Waals surface area contributed by atoms with Crippen LogP contribution in [0.5, 0.6) is 0 Å². The molecule has 2 aromatic rings. The molecule has 2 unspecified atom stereocenters. The summed E-state index contributed by atoms with van der Waals surface area (Å²) in [7, 11) is 0. The largest absolute Gasteiger partial charge is 0.353 e. The van der Waals surface area contributed by atoms with Gasteiger partial charge in [-0.25, -0.2) is 0 Å². The second-order valence-electron chi connectivity index (χ2n) is 8.80.